The van der Waals surface area contributed by atoms with Gasteiger partial charge >= 0.3 is 5.97 Å². The summed E-state index contributed by atoms with van der Waals surface area (Å²) in [6.45, 7) is 7.69. The topological polar surface area (TPSA) is 112 Å². The lowest BCUT2D eigenvalue weighted by Crippen LogP contribution is -2.51. The lowest BCUT2D eigenvalue weighted by Gasteiger charge is -2.44. The van der Waals surface area contributed by atoms with Gasteiger partial charge in [-0.15, -0.1) is 5.10 Å². The molecule has 0 aliphatic carbocycles. The number of hydrogen-bond acceptors (Lipinski definition) is 7. The standard InChI is InChI=1S/C24H29N5O5/c1-24(2,3)29-13-15-9-22(34-8-6-7-33-5)17(20-12-25-26-27(20)4)10-16(15)19-11-21(30)18(23(31)32)14-28(19)29/h9-12,14H,6-8,13H2,1-5H3,(H,31,32). The number of methoxy groups -OCH3 is 1. The van der Waals surface area contributed by atoms with Crippen molar-refractivity contribution in [3.8, 4) is 28.3 Å². The summed E-state index contributed by atoms with van der Waals surface area (Å²) in [6.07, 6.45) is 3.81. The van der Waals surface area contributed by atoms with E-state index < -0.39 is 11.4 Å². The van der Waals surface area contributed by atoms with Crippen LogP contribution < -0.4 is 15.2 Å². The highest BCUT2D eigenvalue weighted by molar-refractivity contribution is 5.88. The zero-order chi connectivity index (χ0) is 24.6. The van der Waals surface area contributed by atoms with Gasteiger partial charge in [0.05, 0.1) is 30.7 Å². The molecule has 0 bridgehead atoms. The minimum atomic E-state index is -1.25. The summed E-state index contributed by atoms with van der Waals surface area (Å²) in [4.78, 5) is 24.3. The molecule has 10 nitrogen and oxygen atoms in total. The lowest BCUT2D eigenvalue weighted by molar-refractivity contribution is 0.0694. The summed E-state index contributed by atoms with van der Waals surface area (Å²) < 4.78 is 14.7. The first-order valence-corrected chi connectivity index (χ1v) is 11.0. The molecule has 0 atom stereocenters. The number of carboxylic acids is 1. The first-order valence-electron chi connectivity index (χ1n) is 11.0. The molecule has 1 aliphatic heterocycles. The fourth-order valence-electron chi connectivity index (χ4n) is 4.11. The normalized spacial score (nSPS) is 12.9. The van der Waals surface area contributed by atoms with Crippen molar-refractivity contribution in [3.05, 3.63) is 51.9 Å². The van der Waals surface area contributed by atoms with Crippen LogP contribution in [0.1, 0.15) is 43.1 Å². The van der Waals surface area contributed by atoms with Crippen LogP contribution in [0.4, 0.5) is 0 Å². The van der Waals surface area contributed by atoms with Gasteiger partial charge in [-0.25, -0.2) is 9.48 Å². The second kappa shape index (κ2) is 8.94. The minimum absolute atomic E-state index is 0.268. The molecule has 3 heterocycles. The van der Waals surface area contributed by atoms with Gasteiger partial charge in [0.15, 0.2) is 5.43 Å². The maximum atomic E-state index is 12.7. The molecule has 34 heavy (non-hydrogen) atoms. The Labute approximate surface area is 197 Å². The highest BCUT2D eigenvalue weighted by atomic mass is 16.5. The molecular formula is C24H29N5O5. The molecule has 1 aliphatic rings. The molecule has 1 N–H and O–H groups in total. The van der Waals surface area contributed by atoms with Crippen LogP contribution in [0.15, 0.2) is 35.4 Å². The summed E-state index contributed by atoms with van der Waals surface area (Å²) in [5.41, 5.74) is 2.82. The molecule has 1 aromatic carbocycles. The number of aromatic nitrogens is 4. The molecule has 10 heteroatoms. The fourth-order valence-corrected chi connectivity index (χ4v) is 4.11. The number of aromatic carboxylic acids is 1. The van der Waals surface area contributed by atoms with Crippen LogP contribution in [-0.4, -0.2) is 56.6 Å². The lowest BCUT2D eigenvalue weighted by atomic mass is 9.94. The molecular weight excluding hydrogens is 438 g/mol. The van der Waals surface area contributed by atoms with Crippen LogP contribution in [-0.2, 0) is 18.3 Å². The highest BCUT2D eigenvalue weighted by Gasteiger charge is 2.31. The van der Waals surface area contributed by atoms with Gasteiger partial charge in [-0.3, -0.25) is 9.47 Å². The number of nitrogens with zero attached hydrogens (tertiary/aromatic N) is 5. The predicted molar refractivity (Wildman–Crippen MR) is 127 cm³/mol. The number of carbonyl (C=O) groups is 1. The van der Waals surface area contributed by atoms with Crippen molar-refractivity contribution < 1.29 is 19.4 Å². The Morgan fingerprint density at radius 1 is 1.15 bits per heavy atom. The third-order valence-corrected chi connectivity index (χ3v) is 5.84. The monoisotopic (exact) mass is 467 g/mol. The van der Waals surface area contributed by atoms with Crippen molar-refractivity contribution in [2.24, 2.45) is 7.05 Å². The zero-order valence-corrected chi connectivity index (χ0v) is 20.0. The quantitative estimate of drug-likeness (QED) is 0.528. The van der Waals surface area contributed by atoms with E-state index in [1.165, 1.54) is 12.3 Å². The van der Waals surface area contributed by atoms with Gasteiger partial charge in [0, 0.05) is 56.1 Å². The van der Waals surface area contributed by atoms with E-state index in [1.54, 1.807) is 29.7 Å². The second-order valence-electron chi connectivity index (χ2n) is 9.26. The number of carboxylic acid groups (broad SMARTS) is 1. The Morgan fingerprint density at radius 2 is 1.91 bits per heavy atom. The van der Waals surface area contributed by atoms with E-state index in [0.29, 0.717) is 31.2 Å². The van der Waals surface area contributed by atoms with E-state index in [9.17, 15) is 14.7 Å². The van der Waals surface area contributed by atoms with Crippen LogP contribution in [0.25, 0.3) is 22.5 Å². The molecule has 0 fully saturated rings. The molecule has 180 valence electrons. The van der Waals surface area contributed by atoms with E-state index >= 15 is 0 Å². The first-order chi connectivity index (χ1) is 16.1. The number of aryl methyl sites for hydroxylation is 1. The SMILES string of the molecule is COCCCOc1cc2c(cc1-c1cnnn1C)-c1cc(=O)c(C(=O)O)cn1N(C(C)(C)C)C2. The first kappa shape index (κ1) is 23.5. The predicted octanol–water partition coefficient (Wildman–Crippen LogP) is 2.67. The van der Waals surface area contributed by atoms with Gasteiger partial charge in [-0.05, 0) is 38.5 Å². The number of fused-ring (bicyclic) bond motifs is 3. The number of pyridine rings is 1. The fraction of sp³-hybridized carbons (Fsp3) is 0.417. The van der Waals surface area contributed by atoms with Gasteiger partial charge in [-0.2, -0.15) is 0 Å². The van der Waals surface area contributed by atoms with E-state index in [4.69, 9.17) is 9.47 Å². The van der Waals surface area contributed by atoms with Crippen LogP contribution >= 0.6 is 0 Å². The average molecular weight is 468 g/mol. The molecule has 0 spiro atoms. The highest BCUT2D eigenvalue weighted by Crippen LogP contribution is 2.40. The van der Waals surface area contributed by atoms with Crippen molar-refractivity contribution in [2.45, 2.75) is 39.3 Å². The zero-order valence-electron chi connectivity index (χ0n) is 20.0. The third-order valence-electron chi connectivity index (χ3n) is 5.84. The molecule has 0 saturated heterocycles. The van der Waals surface area contributed by atoms with Crippen LogP contribution in [0.2, 0.25) is 0 Å². The number of ether oxygens (including phenoxy) is 2. The van der Waals surface area contributed by atoms with Crippen molar-refractivity contribution in [3.63, 3.8) is 0 Å². The maximum Gasteiger partial charge on any atom is 0.341 e. The van der Waals surface area contributed by atoms with Crippen LogP contribution in [0.5, 0.6) is 5.75 Å². The molecule has 0 saturated carbocycles. The Balaban J connectivity index is 1.93. The van der Waals surface area contributed by atoms with Crippen molar-refractivity contribution in [1.29, 1.82) is 0 Å². The largest absolute Gasteiger partial charge is 0.493 e. The van der Waals surface area contributed by atoms with E-state index in [1.807, 2.05) is 37.9 Å². The van der Waals surface area contributed by atoms with Crippen LogP contribution in [0, 0.1) is 0 Å². The maximum absolute atomic E-state index is 12.7. The number of rotatable bonds is 7. The molecule has 3 aromatic rings. The summed E-state index contributed by atoms with van der Waals surface area (Å²) in [6, 6.07) is 5.35. The number of benzene rings is 1. The Bertz CT molecular complexity index is 1290. The summed E-state index contributed by atoms with van der Waals surface area (Å²) in [7, 11) is 3.46. The smallest absolute Gasteiger partial charge is 0.341 e. The second-order valence-corrected chi connectivity index (χ2v) is 9.26. The summed E-state index contributed by atoms with van der Waals surface area (Å²) in [5.74, 6) is -0.562. The van der Waals surface area contributed by atoms with Gasteiger partial charge in [0.2, 0.25) is 0 Å². The molecule has 4 rings (SSSR count). The Morgan fingerprint density at radius 3 is 2.53 bits per heavy atom. The minimum Gasteiger partial charge on any atom is -0.493 e. The van der Waals surface area contributed by atoms with Gasteiger partial charge in [0.1, 0.15) is 11.3 Å². The molecule has 2 aromatic heterocycles. The summed E-state index contributed by atoms with van der Waals surface area (Å²) >= 11 is 0. The average Bonchev–Trinajstić information content (AvgIpc) is 3.20. The summed E-state index contributed by atoms with van der Waals surface area (Å²) in [5, 5.41) is 19.6. The van der Waals surface area contributed by atoms with Gasteiger partial charge < -0.3 is 19.6 Å². The van der Waals surface area contributed by atoms with Gasteiger partial charge in [0.25, 0.3) is 0 Å². The van der Waals surface area contributed by atoms with E-state index in [0.717, 1.165) is 28.8 Å². The van der Waals surface area contributed by atoms with Gasteiger partial charge in [-0.1, -0.05) is 5.21 Å². The van der Waals surface area contributed by atoms with E-state index in [-0.39, 0.29) is 11.1 Å². The molecule has 0 amide bonds. The van der Waals surface area contributed by atoms with Crippen molar-refractivity contribution >= 4 is 5.97 Å². The van der Waals surface area contributed by atoms with Crippen molar-refractivity contribution in [1.82, 2.24) is 19.7 Å². The molecule has 0 radical (unpaired) electrons. The third kappa shape index (κ3) is 4.28. The Hall–Kier alpha value is -3.66. The Kier molecular flexibility index (Phi) is 6.18. The van der Waals surface area contributed by atoms with E-state index in [2.05, 4.69) is 10.3 Å². The number of hydrogen-bond donors (Lipinski definition) is 1. The van der Waals surface area contributed by atoms with Crippen molar-refractivity contribution in [2.75, 3.05) is 25.3 Å². The molecule has 0 unspecified atom stereocenters. The van der Waals surface area contributed by atoms with Crippen LogP contribution in [0.3, 0.4) is 0 Å².